The molecule has 7 nitrogen and oxygen atoms in total. The quantitative estimate of drug-likeness (QED) is 0.301. The molecule has 4 rings (SSSR count). The van der Waals surface area contributed by atoms with Crippen LogP contribution < -0.4 is 10.7 Å². The Morgan fingerprint density at radius 2 is 2.04 bits per heavy atom. The molecule has 0 saturated heterocycles. The average Bonchev–Trinajstić information content (AvgIpc) is 2.96. The van der Waals surface area contributed by atoms with Crippen molar-refractivity contribution in [2.75, 3.05) is 32.5 Å². The van der Waals surface area contributed by atoms with Crippen LogP contribution >= 0.6 is 0 Å². The number of phenolic OH excluding ortho intramolecular Hbond substituents is 1. The monoisotopic (exact) mass is 339 g/mol. The number of fused-ring (bicyclic) bond motifs is 2. The summed E-state index contributed by atoms with van der Waals surface area (Å²) in [4.78, 5) is 17.5. The zero-order chi connectivity index (χ0) is 17.8. The smallest absolute Gasteiger partial charge is 0.199 e. The second-order valence-corrected chi connectivity index (χ2v) is 6.77. The normalized spacial score (nSPS) is 12.4. The molecule has 0 radical (unpaired) electrons. The van der Waals surface area contributed by atoms with E-state index in [0.29, 0.717) is 35.1 Å². The van der Waals surface area contributed by atoms with Crippen LogP contribution in [0.4, 0.5) is 5.69 Å². The Bertz CT molecular complexity index is 1140. The first kappa shape index (κ1) is 15.6. The van der Waals surface area contributed by atoms with Gasteiger partial charge in [-0.15, -0.1) is 0 Å². The van der Waals surface area contributed by atoms with E-state index in [-0.39, 0.29) is 15.8 Å². The first-order valence-electron chi connectivity index (χ1n) is 8.03. The zero-order valence-electron chi connectivity index (χ0n) is 14.0. The van der Waals surface area contributed by atoms with E-state index in [1.54, 1.807) is 32.6 Å². The maximum Gasteiger partial charge on any atom is 0.199 e. The van der Waals surface area contributed by atoms with E-state index in [0.717, 1.165) is 11.0 Å². The zero-order valence-corrected chi connectivity index (χ0v) is 14.0. The largest absolute Gasteiger partial charge is 0.508 e. The molecule has 0 atom stereocenters. The van der Waals surface area contributed by atoms with E-state index in [2.05, 4.69) is 10.3 Å². The molecule has 2 heterocycles. The van der Waals surface area contributed by atoms with Gasteiger partial charge in [-0.2, -0.15) is 4.65 Å². The fourth-order valence-corrected chi connectivity index (χ4v) is 3.18. The first-order chi connectivity index (χ1) is 11.8. The number of rotatable bonds is 4. The lowest BCUT2D eigenvalue weighted by Crippen LogP contribution is -2.39. The van der Waals surface area contributed by atoms with E-state index < -0.39 is 0 Å². The number of nitrogens with one attached hydrogen (secondary N) is 1. The van der Waals surface area contributed by atoms with Crippen LogP contribution in [-0.2, 0) is 0 Å². The van der Waals surface area contributed by atoms with Gasteiger partial charge in [-0.05, 0) is 30.3 Å². The Kier molecular flexibility index (Phi) is 3.31. The first-order valence-corrected chi connectivity index (χ1v) is 8.03. The standard InChI is InChI=1S/C18H18N4O3/c1-22(2,25)8-7-19-13-4-5-14-17-16(13)18(24)12-9-11(23)3-6-15(12)21(17)10-20-14/h3-6,9-10,25H,7-8H2,1-2H3,(H-,19,23,24)/p+1. The second kappa shape index (κ2) is 5.30. The predicted octanol–water partition coefficient (Wildman–Crippen LogP) is 2.02. The second-order valence-electron chi connectivity index (χ2n) is 6.77. The Morgan fingerprint density at radius 1 is 1.24 bits per heavy atom. The van der Waals surface area contributed by atoms with Crippen molar-refractivity contribution >= 4 is 33.0 Å². The number of benzene rings is 2. The van der Waals surface area contributed by atoms with E-state index >= 15 is 0 Å². The van der Waals surface area contributed by atoms with Crippen molar-refractivity contribution in [2.45, 2.75) is 0 Å². The molecular weight excluding hydrogens is 320 g/mol. The van der Waals surface area contributed by atoms with Gasteiger partial charge in [0.1, 0.15) is 18.6 Å². The third kappa shape index (κ3) is 2.54. The molecule has 0 saturated carbocycles. The Morgan fingerprint density at radius 3 is 2.80 bits per heavy atom. The Balaban J connectivity index is 1.96. The van der Waals surface area contributed by atoms with Crippen molar-refractivity contribution in [1.29, 1.82) is 0 Å². The van der Waals surface area contributed by atoms with E-state index in [1.165, 1.54) is 6.07 Å². The topological polar surface area (TPSA) is 86.9 Å². The number of pyridine rings is 1. The van der Waals surface area contributed by atoms with Gasteiger partial charge in [0.05, 0.1) is 48.0 Å². The molecule has 0 bridgehead atoms. The molecule has 0 amide bonds. The average molecular weight is 339 g/mol. The van der Waals surface area contributed by atoms with E-state index in [4.69, 9.17) is 0 Å². The molecule has 0 fully saturated rings. The van der Waals surface area contributed by atoms with Gasteiger partial charge < -0.3 is 10.4 Å². The third-order valence-electron chi connectivity index (χ3n) is 4.40. The number of likely N-dealkylation sites (N-methyl/N-ethyl adjacent to an activating group) is 1. The van der Waals surface area contributed by atoms with Crippen molar-refractivity contribution < 1.29 is 15.0 Å². The van der Waals surface area contributed by atoms with Gasteiger partial charge in [0.25, 0.3) is 0 Å². The summed E-state index contributed by atoms with van der Waals surface area (Å²) in [6.45, 7) is 0.999. The molecule has 128 valence electrons. The van der Waals surface area contributed by atoms with Crippen LogP contribution in [0.15, 0.2) is 41.5 Å². The number of phenols is 1. The van der Waals surface area contributed by atoms with Gasteiger partial charge in [-0.3, -0.25) is 9.20 Å². The van der Waals surface area contributed by atoms with Crippen LogP contribution in [0.1, 0.15) is 0 Å². The molecule has 0 aliphatic rings. The van der Waals surface area contributed by atoms with Crippen LogP contribution in [0.3, 0.4) is 0 Å². The highest BCUT2D eigenvalue weighted by atomic mass is 16.5. The molecule has 7 heteroatoms. The minimum Gasteiger partial charge on any atom is -0.508 e. The maximum atomic E-state index is 13.1. The van der Waals surface area contributed by atoms with Gasteiger partial charge in [0, 0.05) is 5.69 Å². The lowest BCUT2D eigenvalue weighted by atomic mass is 10.1. The molecular formula is C18H19N4O3+. The number of nitrogens with zero attached hydrogens (tertiary/aromatic N) is 3. The number of hydrogen-bond acceptors (Lipinski definition) is 5. The molecule has 0 unspecified atom stereocenters. The van der Waals surface area contributed by atoms with Crippen molar-refractivity contribution in [3.8, 4) is 5.75 Å². The van der Waals surface area contributed by atoms with Gasteiger partial charge in [0.2, 0.25) is 0 Å². The van der Waals surface area contributed by atoms with Gasteiger partial charge in [0.15, 0.2) is 5.43 Å². The minimum atomic E-state index is -0.160. The molecule has 0 aliphatic heterocycles. The van der Waals surface area contributed by atoms with E-state index in [9.17, 15) is 15.1 Å². The number of aromatic nitrogens is 2. The molecule has 2 aromatic carbocycles. The molecule has 3 N–H and O–H groups in total. The number of anilines is 1. The summed E-state index contributed by atoms with van der Waals surface area (Å²) >= 11 is 0. The van der Waals surface area contributed by atoms with Crippen LogP contribution in [0, 0.1) is 0 Å². The number of quaternary nitrogens is 1. The summed E-state index contributed by atoms with van der Waals surface area (Å²) in [5.74, 6) is 0.0525. The molecule has 0 spiro atoms. The highest BCUT2D eigenvalue weighted by molar-refractivity contribution is 6.07. The number of imidazole rings is 1. The van der Waals surface area contributed by atoms with Gasteiger partial charge in [-0.1, -0.05) is 0 Å². The van der Waals surface area contributed by atoms with Gasteiger partial charge in [-0.25, -0.2) is 10.2 Å². The maximum absolute atomic E-state index is 13.1. The lowest BCUT2D eigenvalue weighted by Gasteiger charge is -2.20. The number of aromatic hydroxyl groups is 1. The van der Waals surface area contributed by atoms with Crippen molar-refractivity contribution in [1.82, 2.24) is 9.38 Å². The Labute approximate surface area is 143 Å². The minimum absolute atomic E-state index is 0.0525. The van der Waals surface area contributed by atoms with Gasteiger partial charge >= 0.3 is 0 Å². The molecule has 2 aromatic heterocycles. The number of hydroxylamine groups is 3. The SMILES string of the molecule is C[N+](C)(O)CCNc1ccc2ncn3c4ccc(O)cc4c(=O)c1c23. The number of hydrogen-bond donors (Lipinski definition) is 3. The highest BCUT2D eigenvalue weighted by Gasteiger charge is 2.17. The van der Waals surface area contributed by atoms with Crippen LogP contribution in [0.2, 0.25) is 0 Å². The van der Waals surface area contributed by atoms with Crippen molar-refractivity contribution in [2.24, 2.45) is 0 Å². The van der Waals surface area contributed by atoms with Crippen molar-refractivity contribution in [3.05, 3.63) is 46.9 Å². The van der Waals surface area contributed by atoms with Crippen LogP contribution in [0.25, 0.3) is 27.3 Å². The van der Waals surface area contributed by atoms with Crippen LogP contribution in [0.5, 0.6) is 5.75 Å². The lowest BCUT2D eigenvalue weighted by molar-refractivity contribution is -1.07. The summed E-state index contributed by atoms with van der Waals surface area (Å²) in [5.41, 5.74) is 2.76. The summed E-state index contributed by atoms with van der Waals surface area (Å²) in [7, 11) is 3.38. The van der Waals surface area contributed by atoms with Crippen LogP contribution in [-0.4, -0.2) is 51.5 Å². The fraction of sp³-hybridized carbons (Fsp3) is 0.222. The molecule has 0 aliphatic carbocycles. The molecule has 4 aromatic rings. The van der Waals surface area contributed by atoms with E-state index in [1.807, 2.05) is 16.5 Å². The third-order valence-corrected chi connectivity index (χ3v) is 4.40. The summed E-state index contributed by atoms with van der Waals surface area (Å²) in [5, 5.41) is 23.8. The summed E-state index contributed by atoms with van der Waals surface area (Å²) < 4.78 is 1.71. The summed E-state index contributed by atoms with van der Waals surface area (Å²) in [6.07, 6.45) is 1.69. The predicted molar refractivity (Wildman–Crippen MR) is 96.6 cm³/mol. The highest BCUT2D eigenvalue weighted by Crippen LogP contribution is 2.29. The fourth-order valence-electron chi connectivity index (χ4n) is 3.18. The molecule has 25 heavy (non-hydrogen) atoms. The summed E-state index contributed by atoms with van der Waals surface area (Å²) in [6, 6.07) is 8.47. The van der Waals surface area contributed by atoms with Crippen molar-refractivity contribution in [3.63, 3.8) is 0 Å². The Hall–Kier alpha value is -2.90.